The zero-order valence-electron chi connectivity index (χ0n) is 13.6. The fourth-order valence-corrected chi connectivity index (χ4v) is 2.69. The van der Waals surface area contributed by atoms with Crippen molar-refractivity contribution in [1.29, 1.82) is 5.26 Å². The highest BCUT2D eigenvalue weighted by atomic mass is 79.9. The number of rotatable bonds is 5. The lowest BCUT2D eigenvalue weighted by Crippen LogP contribution is -2.44. The van der Waals surface area contributed by atoms with E-state index in [1.807, 2.05) is 19.9 Å². The van der Waals surface area contributed by atoms with E-state index < -0.39 is 11.8 Å². The van der Waals surface area contributed by atoms with Crippen molar-refractivity contribution in [3.8, 4) is 11.8 Å². The first-order valence-corrected chi connectivity index (χ1v) is 8.17. The van der Waals surface area contributed by atoms with Gasteiger partial charge in [0.1, 0.15) is 5.75 Å². The second kappa shape index (κ2) is 8.30. The summed E-state index contributed by atoms with van der Waals surface area (Å²) in [6, 6.07) is 8.31. The number of H-pyrrole nitrogens is 1. The average molecular weight is 406 g/mol. The molecule has 1 aromatic carbocycles. The van der Waals surface area contributed by atoms with Gasteiger partial charge in [0.05, 0.1) is 21.8 Å². The molecule has 0 radical (unpaired) electrons. The van der Waals surface area contributed by atoms with Gasteiger partial charge >= 0.3 is 0 Å². The van der Waals surface area contributed by atoms with Crippen LogP contribution < -0.4 is 15.6 Å². The maximum atomic E-state index is 12.0. The van der Waals surface area contributed by atoms with E-state index in [-0.39, 0.29) is 18.2 Å². The molecule has 9 heteroatoms. The maximum Gasteiger partial charge on any atom is 0.291 e. The first kappa shape index (κ1) is 18.5. The van der Waals surface area contributed by atoms with Gasteiger partial charge < -0.3 is 4.74 Å². The van der Waals surface area contributed by atoms with Crippen molar-refractivity contribution >= 4 is 27.7 Å². The van der Waals surface area contributed by atoms with Gasteiger partial charge in [0.15, 0.2) is 12.3 Å². The zero-order valence-corrected chi connectivity index (χ0v) is 15.2. The standard InChI is InChI=1S/C16H16BrN5O3/c1-9(2)14-13(17)15(21-20-14)16(24)22-19-12(23)8-25-11-5-3-10(7-18)4-6-11/h3-6,9H,8H2,1-2H3,(H,19,23)(H,20,21)(H,22,24). The molecule has 2 rings (SSSR count). The largest absolute Gasteiger partial charge is 0.484 e. The molecule has 0 atom stereocenters. The molecule has 25 heavy (non-hydrogen) atoms. The number of carbonyl (C=O) groups excluding carboxylic acids is 2. The first-order chi connectivity index (χ1) is 11.9. The molecule has 1 heterocycles. The summed E-state index contributed by atoms with van der Waals surface area (Å²) >= 11 is 3.32. The van der Waals surface area contributed by atoms with Gasteiger partial charge in [-0.05, 0) is 46.1 Å². The highest BCUT2D eigenvalue weighted by Crippen LogP contribution is 2.25. The topological polar surface area (TPSA) is 120 Å². The van der Waals surface area contributed by atoms with Crippen LogP contribution in [0.3, 0.4) is 0 Å². The Labute approximate surface area is 152 Å². The van der Waals surface area contributed by atoms with E-state index in [1.54, 1.807) is 24.3 Å². The van der Waals surface area contributed by atoms with Gasteiger partial charge in [0.2, 0.25) is 0 Å². The molecule has 0 fully saturated rings. The summed E-state index contributed by atoms with van der Waals surface area (Å²) in [5.41, 5.74) is 5.96. The van der Waals surface area contributed by atoms with E-state index in [0.29, 0.717) is 15.8 Å². The lowest BCUT2D eigenvalue weighted by Gasteiger charge is -2.08. The predicted octanol–water partition coefficient (Wildman–Crippen LogP) is 2.01. The minimum Gasteiger partial charge on any atom is -0.484 e. The van der Waals surface area contributed by atoms with E-state index >= 15 is 0 Å². The molecule has 0 bridgehead atoms. The number of nitrogens with one attached hydrogen (secondary N) is 3. The molecule has 130 valence electrons. The Morgan fingerprint density at radius 1 is 1.32 bits per heavy atom. The Morgan fingerprint density at radius 2 is 2.00 bits per heavy atom. The number of benzene rings is 1. The number of aromatic amines is 1. The van der Waals surface area contributed by atoms with Crippen molar-refractivity contribution in [3.05, 3.63) is 45.7 Å². The van der Waals surface area contributed by atoms with Gasteiger partial charge in [-0.25, -0.2) is 0 Å². The van der Waals surface area contributed by atoms with Crippen LogP contribution in [0, 0.1) is 11.3 Å². The fourth-order valence-electron chi connectivity index (χ4n) is 1.87. The number of carbonyl (C=O) groups is 2. The summed E-state index contributed by atoms with van der Waals surface area (Å²) in [4.78, 5) is 23.8. The number of aromatic nitrogens is 2. The maximum absolute atomic E-state index is 12.0. The molecule has 3 N–H and O–H groups in total. The van der Waals surface area contributed by atoms with Crippen LogP contribution in [0.2, 0.25) is 0 Å². The third kappa shape index (κ3) is 4.81. The van der Waals surface area contributed by atoms with Crippen LogP contribution in [0.15, 0.2) is 28.7 Å². The second-order valence-electron chi connectivity index (χ2n) is 5.38. The SMILES string of the molecule is CC(C)c1[nH]nc(C(=O)NNC(=O)COc2ccc(C#N)cc2)c1Br. The highest BCUT2D eigenvalue weighted by molar-refractivity contribution is 9.10. The molecule has 2 aromatic rings. The highest BCUT2D eigenvalue weighted by Gasteiger charge is 2.19. The number of halogens is 1. The lowest BCUT2D eigenvalue weighted by molar-refractivity contribution is -0.123. The number of hydrogen-bond donors (Lipinski definition) is 3. The smallest absolute Gasteiger partial charge is 0.291 e. The van der Waals surface area contributed by atoms with Crippen LogP contribution in [0.1, 0.15) is 41.5 Å². The number of hydrogen-bond acceptors (Lipinski definition) is 5. The molecule has 2 amide bonds. The van der Waals surface area contributed by atoms with Gasteiger partial charge in [0.25, 0.3) is 11.8 Å². The van der Waals surface area contributed by atoms with Crippen molar-refractivity contribution in [2.24, 2.45) is 0 Å². The molecule has 0 saturated carbocycles. The molecule has 0 aliphatic heterocycles. The third-order valence-corrected chi connectivity index (χ3v) is 4.00. The van der Waals surface area contributed by atoms with Gasteiger partial charge in [-0.1, -0.05) is 13.8 Å². The Morgan fingerprint density at radius 3 is 2.56 bits per heavy atom. The van der Waals surface area contributed by atoms with Gasteiger partial charge in [-0.2, -0.15) is 10.4 Å². The predicted molar refractivity (Wildman–Crippen MR) is 92.6 cm³/mol. The van der Waals surface area contributed by atoms with Crippen LogP contribution in [0.4, 0.5) is 0 Å². The Bertz CT molecular complexity index is 808. The summed E-state index contributed by atoms with van der Waals surface area (Å²) < 4.78 is 5.82. The molecule has 0 saturated heterocycles. The molecular formula is C16H16BrN5O3. The van der Waals surface area contributed by atoms with Crippen molar-refractivity contribution in [3.63, 3.8) is 0 Å². The van der Waals surface area contributed by atoms with Gasteiger partial charge in [-0.15, -0.1) is 0 Å². The first-order valence-electron chi connectivity index (χ1n) is 7.38. The zero-order chi connectivity index (χ0) is 18.4. The Kier molecular flexibility index (Phi) is 6.14. The molecule has 0 aliphatic carbocycles. The van der Waals surface area contributed by atoms with E-state index in [2.05, 4.69) is 37.0 Å². The van der Waals surface area contributed by atoms with Crippen molar-refractivity contribution in [2.45, 2.75) is 19.8 Å². The molecule has 0 spiro atoms. The van der Waals surface area contributed by atoms with Gasteiger partial charge in [0, 0.05) is 0 Å². The Hall–Kier alpha value is -2.86. The summed E-state index contributed by atoms with van der Waals surface area (Å²) in [7, 11) is 0. The summed E-state index contributed by atoms with van der Waals surface area (Å²) in [6.07, 6.45) is 0. The minimum absolute atomic E-state index is 0.150. The molecule has 0 unspecified atom stereocenters. The normalized spacial score (nSPS) is 10.2. The molecule has 0 aliphatic rings. The van der Waals surface area contributed by atoms with Crippen LogP contribution in [-0.4, -0.2) is 28.6 Å². The van der Waals surface area contributed by atoms with Crippen molar-refractivity contribution in [1.82, 2.24) is 21.0 Å². The van der Waals surface area contributed by atoms with Crippen molar-refractivity contribution in [2.75, 3.05) is 6.61 Å². The number of hydrazine groups is 1. The number of ether oxygens (including phenoxy) is 1. The van der Waals surface area contributed by atoms with E-state index in [9.17, 15) is 9.59 Å². The van der Waals surface area contributed by atoms with Crippen LogP contribution in [-0.2, 0) is 4.79 Å². The molecule has 8 nitrogen and oxygen atoms in total. The summed E-state index contributed by atoms with van der Waals surface area (Å²) in [5.74, 6) is -0.480. The van der Waals surface area contributed by atoms with Crippen molar-refractivity contribution < 1.29 is 14.3 Å². The summed E-state index contributed by atoms with van der Waals surface area (Å²) in [6.45, 7) is 3.63. The van der Waals surface area contributed by atoms with E-state index in [4.69, 9.17) is 10.00 Å². The van der Waals surface area contributed by atoms with E-state index in [0.717, 1.165) is 5.69 Å². The van der Waals surface area contributed by atoms with Crippen LogP contribution in [0.5, 0.6) is 5.75 Å². The number of amides is 2. The molecule has 1 aromatic heterocycles. The second-order valence-corrected chi connectivity index (χ2v) is 6.17. The third-order valence-electron chi connectivity index (χ3n) is 3.19. The van der Waals surface area contributed by atoms with E-state index in [1.165, 1.54) is 0 Å². The fraction of sp³-hybridized carbons (Fsp3) is 0.250. The van der Waals surface area contributed by atoms with Gasteiger partial charge in [-0.3, -0.25) is 25.5 Å². The summed E-state index contributed by atoms with van der Waals surface area (Å²) in [5, 5.41) is 15.4. The Balaban J connectivity index is 1.83. The molecular weight excluding hydrogens is 390 g/mol. The average Bonchev–Trinajstić information content (AvgIpc) is 3.00. The van der Waals surface area contributed by atoms with Crippen LogP contribution in [0.25, 0.3) is 0 Å². The quantitative estimate of drug-likeness (QED) is 0.657. The number of nitrogens with zero attached hydrogens (tertiary/aromatic N) is 2. The lowest BCUT2D eigenvalue weighted by atomic mass is 10.1. The number of nitriles is 1. The minimum atomic E-state index is -0.554. The van der Waals surface area contributed by atoms with Crippen LogP contribution >= 0.6 is 15.9 Å². The monoisotopic (exact) mass is 405 g/mol.